The summed E-state index contributed by atoms with van der Waals surface area (Å²) in [5.41, 5.74) is 3.00. The Morgan fingerprint density at radius 3 is 2.29 bits per heavy atom. The SMILES string of the molecule is CNC1c2ccccc2C(C)CC1N1CC(C)OC(C)C1. The van der Waals surface area contributed by atoms with Crippen LogP contribution in [0.5, 0.6) is 0 Å². The van der Waals surface area contributed by atoms with Crippen LogP contribution in [0.25, 0.3) is 0 Å². The second kappa shape index (κ2) is 6.07. The second-order valence-corrected chi connectivity index (χ2v) is 6.81. The van der Waals surface area contributed by atoms with Gasteiger partial charge in [0, 0.05) is 25.2 Å². The fourth-order valence-corrected chi connectivity index (χ4v) is 4.27. The first-order valence-electron chi connectivity index (χ1n) is 8.25. The minimum absolute atomic E-state index is 0.332. The monoisotopic (exact) mass is 288 g/mol. The highest BCUT2D eigenvalue weighted by molar-refractivity contribution is 5.36. The zero-order valence-electron chi connectivity index (χ0n) is 13.7. The molecule has 1 aliphatic heterocycles. The van der Waals surface area contributed by atoms with Gasteiger partial charge in [-0.05, 0) is 44.4 Å². The average Bonchev–Trinajstić information content (AvgIpc) is 2.46. The van der Waals surface area contributed by atoms with Gasteiger partial charge >= 0.3 is 0 Å². The maximum Gasteiger partial charge on any atom is 0.0678 e. The Kier molecular flexibility index (Phi) is 4.34. The summed E-state index contributed by atoms with van der Waals surface area (Å²) in [7, 11) is 2.09. The molecule has 0 spiro atoms. The minimum atomic E-state index is 0.332. The van der Waals surface area contributed by atoms with E-state index in [9.17, 15) is 0 Å². The lowest BCUT2D eigenvalue weighted by atomic mass is 9.77. The number of hydrogen-bond donors (Lipinski definition) is 1. The number of ether oxygens (including phenoxy) is 1. The molecule has 5 atom stereocenters. The zero-order valence-corrected chi connectivity index (χ0v) is 13.7. The largest absolute Gasteiger partial charge is 0.373 e. The summed E-state index contributed by atoms with van der Waals surface area (Å²) in [5.74, 6) is 0.629. The highest BCUT2D eigenvalue weighted by Gasteiger charge is 2.38. The summed E-state index contributed by atoms with van der Waals surface area (Å²) in [6.45, 7) is 8.84. The van der Waals surface area contributed by atoms with Crippen molar-refractivity contribution in [3.05, 3.63) is 35.4 Å². The topological polar surface area (TPSA) is 24.5 Å². The van der Waals surface area contributed by atoms with Crippen molar-refractivity contribution in [2.75, 3.05) is 20.1 Å². The van der Waals surface area contributed by atoms with Crippen molar-refractivity contribution in [2.24, 2.45) is 0 Å². The summed E-state index contributed by atoms with van der Waals surface area (Å²) in [6, 6.07) is 9.92. The first-order valence-corrected chi connectivity index (χ1v) is 8.25. The lowest BCUT2D eigenvalue weighted by Gasteiger charge is -2.47. The molecule has 1 aromatic rings. The van der Waals surface area contributed by atoms with Crippen LogP contribution in [0.3, 0.4) is 0 Å². The molecule has 1 heterocycles. The maximum atomic E-state index is 5.91. The Morgan fingerprint density at radius 1 is 1.05 bits per heavy atom. The quantitative estimate of drug-likeness (QED) is 0.905. The van der Waals surface area contributed by atoms with E-state index in [0.717, 1.165) is 13.1 Å². The van der Waals surface area contributed by atoms with Gasteiger partial charge in [-0.3, -0.25) is 4.90 Å². The van der Waals surface area contributed by atoms with Crippen LogP contribution in [0, 0.1) is 0 Å². The molecular formula is C18H28N2O. The van der Waals surface area contributed by atoms with Crippen LogP contribution in [0.15, 0.2) is 24.3 Å². The van der Waals surface area contributed by atoms with Crippen LogP contribution in [0.1, 0.15) is 50.3 Å². The molecule has 0 radical (unpaired) electrons. The van der Waals surface area contributed by atoms with E-state index in [2.05, 4.69) is 62.3 Å². The lowest BCUT2D eigenvalue weighted by Crippen LogP contribution is -2.55. The van der Waals surface area contributed by atoms with Crippen LogP contribution in [-0.4, -0.2) is 43.3 Å². The molecule has 3 nitrogen and oxygen atoms in total. The second-order valence-electron chi connectivity index (χ2n) is 6.81. The molecule has 116 valence electrons. The van der Waals surface area contributed by atoms with Gasteiger partial charge in [-0.1, -0.05) is 31.2 Å². The van der Waals surface area contributed by atoms with E-state index in [-0.39, 0.29) is 0 Å². The van der Waals surface area contributed by atoms with Gasteiger partial charge in [0.25, 0.3) is 0 Å². The standard InChI is InChI=1S/C18H28N2O/c1-12-9-17(20-10-13(2)21-14(3)11-20)18(19-4)16-8-6-5-7-15(12)16/h5-8,12-14,17-19H,9-11H2,1-4H3. The van der Waals surface area contributed by atoms with Gasteiger partial charge in [-0.2, -0.15) is 0 Å². The molecule has 1 saturated heterocycles. The first-order chi connectivity index (χ1) is 10.1. The van der Waals surface area contributed by atoms with Crippen LogP contribution < -0.4 is 5.32 Å². The van der Waals surface area contributed by atoms with E-state index >= 15 is 0 Å². The Hall–Kier alpha value is -0.900. The molecular weight excluding hydrogens is 260 g/mol. The number of hydrogen-bond acceptors (Lipinski definition) is 3. The Bertz CT molecular complexity index is 480. The molecule has 1 aliphatic carbocycles. The van der Waals surface area contributed by atoms with Gasteiger partial charge < -0.3 is 10.1 Å². The maximum absolute atomic E-state index is 5.91. The molecule has 1 fully saturated rings. The van der Waals surface area contributed by atoms with Gasteiger partial charge in [-0.25, -0.2) is 0 Å². The van der Waals surface area contributed by atoms with Crippen LogP contribution in [-0.2, 0) is 4.74 Å². The van der Waals surface area contributed by atoms with Crippen LogP contribution in [0.4, 0.5) is 0 Å². The van der Waals surface area contributed by atoms with Crippen molar-refractivity contribution >= 4 is 0 Å². The average molecular weight is 288 g/mol. The van der Waals surface area contributed by atoms with Crippen LogP contribution in [0.2, 0.25) is 0 Å². The number of rotatable bonds is 2. The van der Waals surface area contributed by atoms with E-state index in [4.69, 9.17) is 4.74 Å². The number of nitrogens with zero attached hydrogens (tertiary/aromatic N) is 1. The van der Waals surface area contributed by atoms with E-state index in [1.807, 2.05) is 0 Å². The Morgan fingerprint density at radius 2 is 1.67 bits per heavy atom. The zero-order chi connectivity index (χ0) is 15.0. The molecule has 0 amide bonds. The van der Waals surface area contributed by atoms with Crippen molar-refractivity contribution in [3.8, 4) is 0 Å². The highest BCUT2D eigenvalue weighted by atomic mass is 16.5. The third-order valence-corrected chi connectivity index (χ3v) is 5.07. The number of morpholine rings is 1. The van der Waals surface area contributed by atoms with E-state index in [1.165, 1.54) is 17.5 Å². The summed E-state index contributed by atoms with van der Waals surface area (Å²) in [6.07, 6.45) is 1.89. The molecule has 1 N–H and O–H groups in total. The molecule has 0 bridgehead atoms. The van der Waals surface area contributed by atoms with Crippen LogP contribution >= 0.6 is 0 Å². The fourth-order valence-electron chi connectivity index (χ4n) is 4.27. The smallest absolute Gasteiger partial charge is 0.0678 e. The molecule has 3 heteroatoms. The van der Waals surface area contributed by atoms with Gasteiger partial charge in [0.1, 0.15) is 0 Å². The molecule has 5 unspecified atom stereocenters. The first kappa shape index (κ1) is 15.0. The Labute approximate surface area is 128 Å². The third kappa shape index (κ3) is 2.87. The number of benzene rings is 1. The lowest BCUT2D eigenvalue weighted by molar-refractivity contribution is -0.0868. The third-order valence-electron chi connectivity index (χ3n) is 5.07. The molecule has 2 aliphatic rings. The van der Waals surface area contributed by atoms with Crippen molar-refractivity contribution in [3.63, 3.8) is 0 Å². The van der Waals surface area contributed by atoms with E-state index in [0.29, 0.717) is 30.2 Å². The van der Waals surface area contributed by atoms with Gasteiger partial charge in [0.05, 0.1) is 12.2 Å². The normalized spacial score (nSPS) is 37.2. The minimum Gasteiger partial charge on any atom is -0.373 e. The summed E-state index contributed by atoms with van der Waals surface area (Å²) >= 11 is 0. The predicted octanol–water partition coefficient (Wildman–Crippen LogP) is 2.93. The fraction of sp³-hybridized carbons (Fsp3) is 0.667. The predicted molar refractivity (Wildman–Crippen MR) is 86.6 cm³/mol. The van der Waals surface area contributed by atoms with Gasteiger partial charge in [0.2, 0.25) is 0 Å². The number of likely N-dealkylation sites (N-methyl/N-ethyl adjacent to an activating group) is 1. The number of nitrogens with one attached hydrogen (secondary N) is 1. The van der Waals surface area contributed by atoms with Gasteiger partial charge in [-0.15, -0.1) is 0 Å². The molecule has 1 aromatic carbocycles. The van der Waals surface area contributed by atoms with Crippen molar-refractivity contribution in [2.45, 2.75) is 57.4 Å². The van der Waals surface area contributed by atoms with Crippen molar-refractivity contribution < 1.29 is 4.74 Å². The summed E-state index contributed by atoms with van der Waals surface area (Å²) in [4.78, 5) is 2.65. The number of fused-ring (bicyclic) bond motifs is 1. The van der Waals surface area contributed by atoms with Crippen molar-refractivity contribution in [1.82, 2.24) is 10.2 Å². The highest BCUT2D eigenvalue weighted by Crippen LogP contribution is 2.40. The molecule has 3 rings (SSSR count). The molecule has 0 saturated carbocycles. The summed E-state index contributed by atoms with van der Waals surface area (Å²) in [5, 5.41) is 3.58. The molecule has 21 heavy (non-hydrogen) atoms. The van der Waals surface area contributed by atoms with E-state index < -0.39 is 0 Å². The van der Waals surface area contributed by atoms with E-state index in [1.54, 1.807) is 0 Å². The molecule has 0 aromatic heterocycles. The Balaban J connectivity index is 1.89. The summed E-state index contributed by atoms with van der Waals surface area (Å²) < 4.78 is 5.91. The van der Waals surface area contributed by atoms with Crippen molar-refractivity contribution in [1.29, 1.82) is 0 Å². The van der Waals surface area contributed by atoms with Gasteiger partial charge in [0.15, 0.2) is 0 Å².